The average molecular weight is 584 g/mol. The Labute approximate surface area is 245 Å². The number of hydrogen-bond acceptors (Lipinski definition) is 8. The zero-order valence-electron chi connectivity index (χ0n) is 24.4. The van der Waals surface area contributed by atoms with Gasteiger partial charge in [-0.1, -0.05) is 36.7 Å². The van der Waals surface area contributed by atoms with E-state index >= 15 is 0 Å². The number of aliphatic carboxylic acids is 1. The lowest BCUT2D eigenvalue weighted by Crippen LogP contribution is -2.53. The van der Waals surface area contributed by atoms with E-state index in [-0.39, 0.29) is 22.1 Å². The molecule has 4 N–H and O–H groups in total. The number of nitro benzene ring substituents is 1. The van der Waals surface area contributed by atoms with Crippen molar-refractivity contribution in [3.05, 3.63) is 51.6 Å². The SMILES string of the molecule is C[C@]12CC/C(=N/OCC(=O)N[C@H](C(=O)O)[C@@H](O)c3cccc([N+](=O)[O-])c3)C=C1CC[C@@H]1[C@@H]2CC[C@@]2(C)[C@H]1CC[C@]2(C)O. The van der Waals surface area contributed by atoms with E-state index in [9.17, 15) is 35.0 Å². The van der Waals surface area contributed by atoms with Gasteiger partial charge in [-0.25, -0.2) is 4.79 Å². The summed E-state index contributed by atoms with van der Waals surface area (Å²) >= 11 is 0. The van der Waals surface area contributed by atoms with Crippen molar-refractivity contribution in [1.29, 1.82) is 0 Å². The third-order valence-corrected chi connectivity index (χ3v) is 11.2. The summed E-state index contributed by atoms with van der Waals surface area (Å²) in [6, 6.07) is 3.24. The topological polar surface area (TPSA) is 172 Å². The Balaban J connectivity index is 1.20. The fourth-order valence-corrected chi connectivity index (χ4v) is 8.57. The highest BCUT2D eigenvalue weighted by molar-refractivity contribution is 5.96. The summed E-state index contributed by atoms with van der Waals surface area (Å²) in [6.07, 6.45) is 8.22. The molecule has 0 unspecified atom stereocenters. The highest BCUT2D eigenvalue weighted by atomic mass is 16.6. The van der Waals surface area contributed by atoms with Gasteiger partial charge in [-0.2, -0.15) is 0 Å². The largest absolute Gasteiger partial charge is 0.480 e. The molecule has 0 aliphatic heterocycles. The number of nitrogens with zero attached hydrogens (tertiary/aromatic N) is 2. The van der Waals surface area contributed by atoms with Crippen molar-refractivity contribution in [3.8, 4) is 0 Å². The molecule has 3 fully saturated rings. The Hall–Kier alpha value is -3.31. The van der Waals surface area contributed by atoms with Gasteiger partial charge in [0.15, 0.2) is 12.6 Å². The van der Waals surface area contributed by atoms with Crippen LogP contribution in [-0.2, 0) is 14.4 Å². The Kier molecular flexibility index (Phi) is 7.95. The van der Waals surface area contributed by atoms with Crippen LogP contribution in [0.5, 0.6) is 0 Å². The molecule has 11 heteroatoms. The quantitative estimate of drug-likeness (QED) is 0.259. The van der Waals surface area contributed by atoms with Crippen molar-refractivity contribution in [2.24, 2.45) is 33.7 Å². The molecule has 8 atom stereocenters. The second kappa shape index (κ2) is 11.1. The van der Waals surface area contributed by atoms with Gasteiger partial charge in [0.2, 0.25) is 0 Å². The molecule has 0 heterocycles. The fraction of sp³-hybridized carbons (Fsp3) is 0.645. The van der Waals surface area contributed by atoms with Gasteiger partial charge in [-0.3, -0.25) is 14.9 Å². The van der Waals surface area contributed by atoms with E-state index in [1.807, 2.05) is 6.92 Å². The van der Waals surface area contributed by atoms with Crippen LogP contribution in [0.1, 0.15) is 83.8 Å². The van der Waals surface area contributed by atoms with Crippen molar-refractivity contribution in [3.63, 3.8) is 0 Å². The fourth-order valence-electron chi connectivity index (χ4n) is 8.57. The van der Waals surface area contributed by atoms with Crippen molar-refractivity contribution >= 4 is 23.3 Å². The number of carbonyl (C=O) groups is 2. The number of carboxylic acids is 1. The van der Waals surface area contributed by atoms with Gasteiger partial charge in [-0.15, -0.1) is 0 Å². The van der Waals surface area contributed by atoms with Crippen LogP contribution in [0.4, 0.5) is 5.69 Å². The molecule has 0 radical (unpaired) electrons. The maximum atomic E-state index is 12.5. The second-order valence-corrected chi connectivity index (χ2v) is 13.3. The Bertz CT molecular complexity index is 1320. The van der Waals surface area contributed by atoms with Crippen LogP contribution >= 0.6 is 0 Å². The number of amides is 1. The van der Waals surface area contributed by atoms with Crippen molar-refractivity contribution in [2.45, 2.75) is 89.9 Å². The molecular formula is C31H41N3O8. The maximum absolute atomic E-state index is 12.5. The van der Waals surface area contributed by atoms with Gasteiger partial charge in [0, 0.05) is 12.1 Å². The lowest BCUT2D eigenvalue weighted by Gasteiger charge is -2.59. The van der Waals surface area contributed by atoms with E-state index in [2.05, 4.69) is 30.4 Å². The molecule has 1 amide bonds. The number of oxime groups is 1. The highest BCUT2D eigenvalue weighted by Gasteiger charge is 2.62. The van der Waals surface area contributed by atoms with Crippen molar-refractivity contribution in [2.75, 3.05) is 6.61 Å². The van der Waals surface area contributed by atoms with Crippen LogP contribution in [0.15, 0.2) is 41.1 Å². The van der Waals surface area contributed by atoms with Gasteiger partial charge in [0.05, 0.1) is 16.2 Å². The zero-order chi connectivity index (χ0) is 30.4. The Morgan fingerprint density at radius 2 is 1.88 bits per heavy atom. The third-order valence-electron chi connectivity index (χ3n) is 11.2. The monoisotopic (exact) mass is 583 g/mol. The first-order valence-corrected chi connectivity index (χ1v) is 14.8. The lowest BCUT2D eigenvalue weighted by atomic mass is 9.46. The van der Waals surface area contributed by atoms with Gasteiger partial charge >= 0.3 is 5.97 Å². The van der Waals surface area contributed by atoms with Gasteiger partial charge in [0.1, 0.15) is 6.10 Å². The van der Waals surface area contributed by atoms with Crippen molar-refractivity contribution in [1.82, 2.24) is 5.32 Å². The molecule has 4 aliphatic rings. The summed E-state index contributed by atoms with van der Waals surface area (Å²) in [5.74, 6) is -0.555. The van der Waals surface area contributed by atoms with E-state index < -0.39 is 41.2 Å². The smallest absolute Gasteiger partial charge is 0.329 e. The Morgan fingerprint density at radius 3 is 2.60 bits per heavy atom. The molecule has 228 valence electrons. The van der Waals surface area contributed by atoms with Crippen LogP contribution in [0, 0.1) is 38.7 Å². The third kappa shape index (κ3) is 5.21. The minimum Gasteiger partial charge on any atom is -0.480 e. The van der Waals surface area contributed by atoms with E-state index in [1.54, 1.807) is 0 Å². The van der Waals surface area contributed by atoms with Gasteiger partial charge in [-0.05, 0) is 98.5 Å². The number of fused-ring (bicyclic) bond motifs is 5. The number of nitrogens with one attached hydrogen (secondary N) is 1. The highest BCUT2D eigenvalue weighted by Crippen LogP contribution is 2.67. The van der Waals surface area contributed by atoms with E-state index in [1.165, 1.54) is 23.8 Å². The number of non-ortho nitro benzene ring substituents is 1. The van der Waals surface area contributed by atoms with Crippen LogP contribution in [0.25, 0.3) is 0 Å². The molecule has 0 saturated heterocycles. The summed E-state index contributed by atoms with van der Waals surface area (Å²) in [7, 11) is 0. The maximum Gasteiger partial charge on any atom is 0.329 e. The number of carbonyl (C=O) groups excluding carboxylic acids is 1. The van der Waals surface area contributed by atoms with Crippen LogP contribution in [-0.4, -0.2) is 56.1 Å². The Morgan fingerprint density at radius 1 is 1.14 bits per heavy atom. The minimum absolute atomic E-state index is 0.00874. The van der Waals surface area contributed by atoms with E-state index in [0.29, 0.717) is 24.2 Å². The summed E-state index contributed by atoms with van der Waals surface area (Å²) in [5, 5.41) is 48.7. The first-order chi connectivity index (χ1) is 19.8. The number of allylic oxidation sites excluding steroid dienone is 2. The first kappa shape index (κ1) is 30.2. The lowest BCUT2D eigenvalue weighted by molar-refractivity contribution is -0.385. The van der Waals surface area contributed by atoms with E-state index in [4.69, 9.17) is 4.84 Å². The van der Waals surface area contributed by atoms with Crippen molar-refractivity contribution < 1.29 is 34.7 Å². The predicted octanol–water partition coefficient (Wildman–Crippen LogP) is 4.28. The van der Waals surface area contributed by atoms with Gasteiger partial charge in [0.25, 0.3) is 11.6 Å². The molecule has 5 rings (SSSR count). The minimum atomic E-state index is -1.73. The number of aliphatic hydroxyl groups is 2. The molecule has 3 saturated carbocycles. The molecule has 42 heavy (non-hydrogen) atoms. The summed E-state index contributed by atoms with van der Waals surface area (Å²) in [4.78, 5) is 39.9. The number of benzene rings is 1. The second-order valence-electron chi connectivity index (χ2n) is 13.3. The number of hydrogen-bond donors (Lipinski definition) is 4. The summed E-state index contributed by atoms with van der Waals surface area (Å²) < 4.78 is 0. The predicted molar refractivity (Wildman–Crippen MR) is 153 cm³/mol. The summed E-state index contributed by atoms with van der Waals surface area (Å²) in [5.41, 5.74) is 1.25. The molecule has 1 aromatic rings. The van der Waals surface area contributed by atoms with Crippen LogP contribution in [0.2, 0.25) is 0 Å². The molecule has 0 aromatic heterocycles. The number of rotatable bonds is 8. The molecular weight excluding hydrogens is 542 g/mol. The zero-order valence-corrected chi connectivity index (χ0v) is 24.4. The molecule has 1 aromatic carbocycles. The first-order valence-electron chi connectivity index (χ1n) is 14.8. The molecule has 0 spiro atoms. The molecule has 0 bridgehead atoms. The molecule has 4 aliphatic carbocycles. The number of carboxylic acid groups (broad SMARTS) is 1. The normalized spacial score (nSPS) is 36.1. The van der Waals surface area contributed by atoms with Gasteiger partial charge < -0.3 is 25.5 Å². The number of nitro groups is 1. The average Bonchev–Trinajstić information content (AvgIpc) is 3.19. The molecule has 11 nitrogen and oxygen atoms in total. The number of aliphatic hydroxyl groups excluding tert-OH is 1. The van der Waals surface area contributed by atoms with E-state index in [0.717, 1.165) is 56.7 Å². The van der Waals surface area contributed by atoms with Crippen LogP contribution < -0.4 is 5.32 Å². The standard InChI is InChI=1S/C31H41N3O8/c1-29-12-9-20(16-19(29)7-8-22-23(29)10-13-30(2)24(22)11-14-31(30,3)39)33-42-17-25(35)32-26(28(37)38)27(36)18-5-4-6-21(15-18)34(40)41/h4-6,15-16,22-24,26-27,36,39H,7-14,17H2,1-3H3,(H,32,35)(H,37,38)/b33-20-/t22-,23+,24+,26+,27+,29+,30+,31+/m1/s1. The summed E-state index contributed by atoms with van der Waals surface area (Å²) in [6.45, 7) is 6.14. The van der Waals surface area contributed by atoms with Crippen LogP contribution in [0.3, 0.4) is 0 Å².